The molecule has 0 aliphatic heterocycles. The van der Waals surface area contributed by atoms with Crippen LogP contribution < -0.4 is 14.8 Å². The molecule has 2 rings (SSSR count). The van der Waals surface area contributed by atoms with Crippen molar-refractivity contribution in [1.82, 2.24) is 0 Å². The highest BCUT2D eigenvalue weighted by Crippen LogP contribution is 2.21. The third kappa shape index (κ3) is 5.01. The van der Waals surface area contributed by atoms with Gasteiger partial charge in [-0.15, -0.1) is 0 Å². The van der Waals surface area contributed by atoms with E-state index in [2.05, 4.69) is 5.32 Å². The van der Waals surface area contributed by atoms with Gasteiger partial charge in [0.15, 0.2) is 6.10 Å². The van der Waals surface area contributed by atoms with Gasteiger partial charge >= 0.3 is 0 Å². The van der Waals surface area contributed by atoms with Crippen molar-refractivity contribution < 1.29 is 14.3 Å². The maximum absolute atomic E-state index is 12.3. The lowest BCUT2D eigenvalue weighted by atomic mass is 10.1. The van der Waals surface area contributed by atoms with E-state index in [1.165, 1.54) is 5.56 Å². The van der Waals surface area contributed by atoms with Crippen molar-refractivity contribution in [2.45, 2.75) is 46.8 Å². The largest absolute Gasteiger partial charge is 0.491 e. The minimum Gasteiger partial charge on any atom is -0.491 e. The van der Waals surface area contributed by atoms with Gasteiger partial charge in [-0.1, -0.05) is 17.7 Å². The summed E-state index contributed by atoms with van der Waals surface area (Å²) < 4.78 is 11.4. The number of rotatable bonds is 6. The molecular formula is C20H25NO3. The topological polar surface area (TPSA) is 47.6 Å². The molecule has 0 aliphatic rings. The molecular weight excluding hydrogens is 302 g/mol. The van der Waals surface area contributed by atoms with Gasteiger partial charge < -0.3 is 14.8 Å². The van der Waals surface area contributed by atoms with Gasteiger partial charge in [0.05, 0.1) is 6.10 Å². The highest BCUT2D eigenvalue weighted by atomic mass is 16.5. The molecule has 4 heteroatoms. The minimum absolute atomic E-state index is 0.122. The first-order valence-electron chi connectivity index (χ1n) is 8.16. The molecule has 0 unspecified atom stereocenters. The number of nitrogens with one attached hydrogen (secondary N) is 1. The van der Waals surface area contributed by atoms with E-state index < -0.39 is 6.10 Å². The third-order valence-electron chi connectivity index (χ3n) is 3.50. The zero-order valence-corrected chi connectivity index (χ0v) is 14.9. The van der Waals surface area contributed by atoms with Crippen molar-refractivity contribution in [1.29, 1.82) is 0 Å². The Hall–Kier alpha value is -2.49. The lowest BCUT2D eigenvalue weighted by molar-refractivity contribution is -0.122. The number of carbonyl (C=O) groups is 1. The number of amides is 1. The molecule has 0 saturated heterocycles. The Kier molecular flexibility index (Phi) is 5.85. The second-order valence-corrected chi connectivity index (χ2v) is 6.21. The molecule has 2 aromatic carbocycles. The molecule has 0 saturated carbocycles. The lowest BCUT2D eigenvalue weighted by Gasteiger charge is -2.17. The van der Waals surface area contributed by atoms with Gasteiger partial charge in [-0.25, -0.2) is 0 Å². The smallest absolute Gasteiger partial charge is 0.265 e. The summed E-state index contributed by atoms with van der Waals surface area (Å²) in [6.07, 6.45) is -0.463. The van der Waals surface area contributed by atoms with Gasteiger partial charge in [0.2, 0.25) is 0 Å². The van der Waals surface area contributed by atoms with E-state index in [1.54, 1.807) is 6.92 Å². The number of ether oxygens (including phenoxy) is 2. The van der Waals surface area contributed by atoms with Crippen LogP contribution in [0.2, 0.25) is 0 Å². The highest BCUT2D eigenvalue weighted by molar-refractivity contribution is 5.94. The van der Waals surface area contributed by atoms with Crippen LogP contribution in [0.5, 0.6) is 11.5 Å². The zero-order chi connectivity index (χ0) is 17.7. The van der Waals surface area contributed by atoms with Crippen molar-refractivity contribution in [3.63, 3.8) is 0 Å². The minimum atomic E-state index is -0.585. The Balaban J connectivity index is 1.96. The Morgan fingerprint density at radius 3 is 2.21 bits per heavy atom. The Morgan fingerprint density at radius 2 is 1.62 bits per heavy atom. The molecule has 0 bridgehead atoms. The van der Waals surface area contributed by atoms with E-state index in [0.29, 0.717) is 5.69 Å². The van der Waals surface area contributed by atoms with E-state index in [-0.39, 0.29) is 12.0 Å². The molecule has 4 nitrogen and oxygen atoms in total. The SMILES string of the molecule is Cc1ccc(O[C@H](C)C(=O)Nc2ccc(OC(C)C)cc2)c(C)c1. The van der Waals surface area contributed by atoms with Crippen LogP contribution in [0.3, 0.4) is 0 Å². The van der Waals surface area contributed by atoms with Gasteiger partial charge in [0, 0.05) is 5.69 Å². The van der Waals surface area contributed by atoms with Gasteiger partial charge in [-0.2, -0.15) is 0 Å². The van der Waals surface area contributed by atoms with Crippen LogP contribution in [0.15, 0.2) is 42.5 Å². The number of carbonyl (C=O) groups excluding carboxylic acids is 1. The van der Waals surface area contributed by atoms with Crippen molar-refractivity contribution in [3.8, 4) is 11.5 Å². The summed E-state index contributed by atoms with van der Waals surface area (Å²) in [7, 11) is 0. The molecule has 0 heterocycles. The van der Waals surface area contributed by atoms with E-state index in [4.69, 9.17) is 9.47 Å². The maximum Gasteiger partial charge on any atom is 0.265 e. The van der Waals surface area contributed by atoms with Crippen LogP contribution in [0.4, 0.5) is 5.69 Å². The van der Waals surface area contributed by atoms with E-state index >= 15 is 0 Å². The summed E-state index contributed by atoms with van der Waals surface area (Å²) in [5, 5.41) is 2.85. The first kappa shape index (κ1) is 17.9. The zero-order valence-electron chi connectivity index (χ0n) is 14.9. The fourth-order valence-electron chi connectivity index (χ4n) is 2.31. The van der Waals surface area contributed by atoms with Crippen LogP contribution in [0.1, 0.15) is 31.9 Å². The maximum atomic E-state index is 12.3. The first-order chi connectivity index (χ1) is 11.3. The average molecular weight is 327 g/mol. The van der Waals surface area contributed by atoms with Crippen molar-refractivity contribution in [2.24, 2.45) is 0 Å². The first-order valence-corrected chi connectivity index (χ1v) is 8.16. The molecule has 1 atom stereocenters. The van der Waals surface area contributed by atoms with E-state index in [1.807, 2.05) is 70.2 Å². The molecule has 0 radical (unpaired) electrons. The molecule has 0 aliphatic carbocycles. The van der Waals surface area contributed by atoms with Crippen molar-refractivity contribution >= 4 is 11.6 Å². The lowest BCUT2D eigenvalue weighted by Crippen LogP contribution is -2.30. The van der Waals surface area contributed by atoms with Crippen LogP contribution in [0.25, 0.3) is 0 Å². The fraction of sp³-hybridized carbons (Fsp3) is 0.350. The summed E-state index contributed by atoms with van der Waals surface area (Å²) >= 11 is 0. The molecule has 2 aromatic rings. The number of aryl methyl sites for hydroxylation is 2. The normalized spacial score (nSPS) is 11.9. The second kappa shape index (κ2) is 7.86. The second-order valence-electron chi connectivity index (χ2n) is 6.21. The van der Waals surface area contributed by atoms with Crippen LogP contribution in [-0.2, 0) is 4.79 Å². The number of hydrogen-bond acceptors (Lipinski definition) is 3. The Bertz CT molecular complexity index is 693. The number of benzene rings is 2. The van der Waals surface area contributed by atoms with Gasteiger partial charge in [-0.3, -0.25) is 4.79 Å². The van der Waals surface area contributed by atoms with Gasteiger partial charge in [0.25, 0.3) is 5.91 Å². The third-order valence-corrected chi connectivity index (χ3v) is 3.50. The highest BCUT2D eigenvalue weighted by Gasteiger charge is 2.16. The van der Waals surface area contributed by atoms with Crippen molar-refractivity contribution in [2.75, 3.05) is 5.32 Å². The van der Waals surface area contributed by atoms with Crippen LogP contribution in [-0.4, -0.2) is 18.1 Å². The average Bonchev–Trinajstić information content (AvgIpc) is 2.51. The number of hydrogen-bond donors (Lipinski definition) is 1. The molecule has 1 amide bonds. The fourth-order valence-corrected chi connectivity index (χ4v) is 2.31. The van der Waals surface area contributed by atoms with E-state index in [9.17, 15) is 4.79 Å². The predicted molar refractivity (Wildman–Crippen MR) is 96.8 cm³/mol. The van der Waals surface area contributed by atoms with Gasteiger partial charge in [0.1, 0.15) is 11.5 Å². The molecule has 24 heavy (non-hydrogen) atoms. The van der Waals surface area contributed by atoms with E-state index in [0.717, 1.165) is 17.1 Å². The summed E-state index contributed by atoms with van der Waals surface area (Å²) in [4.78, 5) is 12.3. The number of anilines is 1. The molecule has 1 N–H and O–H groups in total. The quantitative estimate of drug-likeness (QED) is 0.850. The monoisotopic (exact) mass is 327 g/mol. The summed E-state index contributed by atoms with van der Waals surface area (Å²) in [6, 6.07) is 13.2. The van der Waals surface area contributed by atoms with Crippen LogP contribution >= 0.6 is 0 Å². The predicted octanol–water partition coefficient (Wildman–Crippen LogP) is 4.50. The molecule has 128 valence electrons. The molecule has 0 fully saturated rings. The van der Waals surface area contributed by atoms with Crippen molar-refractivity contribution in [3.05, 3.63) is 53.6 Å². The standard InChI is InChI=1S/C20H25NO3/c1-13(2)23-18-9-7-17(8-10-18)21-20(22)16(5)24-19-11-6-14(3)12-15(19)4/h6-13,16H,1-5H3,(H,21,22)/t16-/m1/s1. The van der Waals surface area contributed by atoms with Gasteiger partial charge in [-0.05, 0) is 70.5 Å². The summed E-state index contributed by atoms with van der Waals surface area (Å²) in [6.45, 7) is 9.69. The Labute approximate surface area is 143 Å². The van der Waals surface area contributed by atoms with Crippen LogP contribution in [0, 0.1) is 13.8 Å². The summed E-state index contributed by atoms with van der Waals surface area (Å²) in [5.41, 5.74) is 2.90. The molecule has 0 aromatic heterocycles. The summed E-state index contributed by atoms with van der Waals surface area (Å²) in [5.74, 6) is 1.32. The molecule has 0 spiro atoms. The Morgan fingerprint density at radius 1 is 0.958 bits per heavy atom.